The van der Waals surface area contributed by atoms with E-state index in [1.165, 1.54) is 70.6 Å². The van der Waals surface area contributed by atoms with Crippen LogP contribution in [0.1, 0.15) is 117 Å². The molecular formula is C21H43NO2. The molecule has 0 bridgehead atoms. The first kappa shape index (κ1) is 23.4. The lowest BCUT2D eigenvalue weighted by Gasteiger charge is -2.17. The van der Waals surface area contributed by atoms with Gasteiger partial charge in [0.15, 0.2) is 0 Å². The zero-order chi connectivity index (χ0) is 18.0. The molecule has 0 aliphatic carbocycles. The average molecular weight is 342 g/mol. The fraction of sp³-hybridized carbons (Fsp3) is 0.952. The van der Waals surface area contributed by atoms with Crippen molar-refractivity contribution < 1.29 is 9.90 Å². The summed E-state index contributed by atoms with van der Waals surface area (Å²) < 4.78 is 0. The van der Waals surface area contributed by atoms with E-state index in [1.54, 1.807) is 0 Å². The summed E-state index contributed by atoms with van der Waals surface area (Å²) in [5.41, 5.74) is 6.16. The molecule has 0 aliphatic heterocycles. The van der Waals surface area contributed by atoms with Crippen LogP contribution >= 0.6 is 0 Å². The molecule has 0 aliphatic rings. The van der Waals surface area contributed by atoms with Gasteiger partial charge in [-0.15, -0.1) is 0 Å². The maximum atomic E-state index is 11.4. The second-order valence-corrected chi connectivity index (χ2v) is 7.50. The van der Waals surface area contributed by atoms with E-state index in [-0.39, 0.29) is 12.0 Å². The predicted molar refractivity (Wildman–Crippen MR) is 104 cm³/mol. The Hall–Kier alpha value is -0.570. The van der Waals surface area contributed by atoms with Gasteiger partial charge in [0.25, 0.3) is 0 Å². The van der Waals surface area contributed by atoms with Gasteiger partial charge in [0.2, 0.25) is 0 Å². The zero-order valence-corrected chi connectivity index (χ0v) is 16.4. The Morgan fingerprint density at radius 2 is 1.17 bits per heavy atom. The molecule has 0 aromatic rings. The molecule has 0 spiro atoms. The van der Waals surface area contributed by atoms with Crippen molar-refractivity contribution in [3.05, 3.63) is 0 Å². The van der Waals surface area contributed by atoms with Gasteiger partial charge in [-0.1, -0.05) is 97.3 Å². The highest BCUT2D eigenvalue weighted by molar-refractivity contribution is 5.69. The van der Waals surface area contributed by atoms with Crippen molar-refractivity contribution in [2.45, 2.75) is 123 Å². The number of unbranched alkanes of at least 4 members (excludes halogenated alkanes) is 11. The van der Waals surface area contributed by atoms with Gasteiger partial charge >= 0.3 is 5.97 Å². The largest absolute Gasteiger partial charge is 0.481 e. The van der Waals surface area contributed by atoms with E-state index in [1.807, 2.05) is 0 Å². The third-order valence-corrected chi connectivity index (χ3v) is 5.02. The molecule has 2 atom stereocenters. The Balaban J connectivity index is 3.71. The molecule has 2 unspecified atom stereocenters. The van der Waals surface area contributed by atoms with Gasteiger partial charge in [0.1, 0.15) is 0 Å². The molecule has 0 fully saturated rings. The highest BCUT2D eigenvalue weighted by Crippen LogP contribution is 2.19. The number of hydrogen-bond acceptors (Lipinski definition) is 2. The predicted octanol–water partition coefficient (Wildman–Crippen LogP) is 6.30. The van der Waals surface area contributed by atoms with Gasteiger partial charge in [-0.25, -0.2) is 0 Å². The van der Waals surface area contributed by atoms with Crippen LogP contribution in [0.2, 0.25) is 0 Å². The van der Waals surface area contributed by atoms with Gasteiger partial charge in [0, 0.05) is 6.04 Å². The number of carboxylic acids is 1. The Morgan fingerprint density at radius 1 is 0.750 bits per heavy atom. The lowest BCUT2D eigenvalue weighted by Crippen LogP contribution is -2.27. The van der Waals surface area contributed by atoms with E-state index in [0.717, 1.165) is 25.7 Å². The van der Waals surface area contributed by atoms with Gasteiger partial charge in [-0.05, 0) is 19.3 Å². The summed E-state index contributed by atoms with van der Waals surface area (Å²) in [6.45, 7) is 4.45. The molecule has 3 N–H and O–H groups in total. The molecule has 0 aromatic heterocycles. The van der Waals surface area contributed by atoms with Gasteiger partial charge < -0.3 is 10.8 Å². The fourth-order valence-electron chi connectivity index (χ4n) is 3.36. The number of nitrogens with two attached hydrogens (primary N) is 1. The van der Waals surface area contributed by atoms with Crippen LogP contribution < -0.4 is 5.73 Å². The minimum absolute atomic E-state index is 0.0572. The van der Waals surface area contributed by atoms with E-state index >= 15 is 0 Å². The van der Waals surface area contributed by atoms with Gasteiger partial charge in [0.05, 0.1) is 5.92 Å². The molecule has 24 heavy (non-hydrogen) atoms. The van der Waals surface area contributed by atoms with Crippen molar-refractivity contribution in [2.75, 3.05) is 0 Å². The molecule has 0 heterocycles. The first-order valence-electron chi connectivity index (χ1n) is 10.6. The zero-order valence-electron chi connectivity index (χ0n) is 16.4. The molecule has 0 saturated carbocycles. The lowest BCUT2D eigenvalue weighted by molar-refractivity contribution is -0.142. The van der Waals surface area contributed by atoms with Crippen LogP contribution in [0.4, 0.5) is 0 Å². The number of aliphatic carboxylic acids is 1. The molecule has 3 nitrogen and oxygen atoms in total. The molecule has 0 aromatic carbocycles. The summed E-state index contributed by atoms with van der Waals surface area (Å²) in [4.78, 5) is 11.4. The fourth-order valence-corrected chi connectivity index (χ4v) is 3.36. The van der Waals surface area contributed by atoms with Crippen molar-refractivity contribution in [3.63, 3.8) is 0 Å². The van der Waals surface area contributed by atoms with Crippen molar-refractivity contribution in [1.82, 2.24) is 0 Å². The van der Waals surface area contributed by atoms with E-state index in [9.17, 15) is 9.90 Å². The molecular weight excluding hydrogens is 298 g/mol. The van der Waals surface area contributed by atoms with Gasteiger partial charge in [-0.3, -0.25) is 4.79 Å². The van der Waals surface area contributed by atoms with Crippen molar-refractivity contribution in [1.29, 1.82) is 0 Å². The molecule has 0 saturated heterocycles. The second kappa shape index (κ2) is 17.3. The highest BCUT2D eigenvalue weighted by Gasteiger charge is 2.20. The molecule has 0 amide bonds. The maximum Gasteiger partial charge on any atom is 0.306 e. The van der Waals surface area contributed by atoms with Crippen LogP contribution in [-0.2, 0) is 4.79 Å². The smallest absolute Gasteiger partial charge is 0.306 e. The minimum atomic E-state index is -0.653. The first-order valence-corrected chi connectivity index (χ1v) is 10.6. The highest BCUT2D eigenvalue weighted by atomic mass is 16.4. The van der Waals surface area contributed by atoms with Crippen molar-refractivity contribution in [2.24, 2.45) is 11.7 Å². The number of carbonyl (C=O) groups is 1. The summed E-state index contributed by atoms with van der Waals surface area (Å²) in [7, 11) is 0. The normalized spacial score (nSPS) is 13.8. The van der Waals surface area contributed by atoms with Crippen molar-refractivity contribution >= 4 is 5.97 Å². The first-order chi connectivity index (χ1) is 11.6. The molecule has 3 heteroatoms. The number of carboxylic acid groups (broad SMARTS) is 1. The number of hydrogen-bond donors (Lipinski definition) is 2. The maximum absolute atomic E-state index is 11.4. The third kappa shape index (κ3) is 15.0. The topological polar surface area (TPSA) is 63.3 Å². The quantitative estimate of drug-likeness (QED) is 0.288. The van der Waals surface area contributed by atoms with E-state index in [4.69, 9.17) is 5.73 Å². The Kier molecular flexibility index (Phi) is 16.8. The summed E-state index contributed by atoms with van der Waals surface area (Å²) in [5.74, 6) is -0.893. The third-order valence-electron chi connectivity index (χ3n) is 5.02. The van der Waals surface area contributed by atoms with Crippen LogP contribution in [0.5, 0.6) is 0 Å². The monoisotopic (exact) mass is 341 g/mol. The number of rotatable bonds is 18. The van der Waals surface area contributed by atoms with E-state index in [0.29, 0.717) is 6.42 Å². The second-order valence-electron chi connectivity index (χ2n) is 7.50. The summed E-state index contributed by atoms with van der Waals surface area (Å²) in [6.07, 6.45) is 18.7. The van der Waals surface area contributed by atoms with E-state index < -0.39 is 5.97 Å². The van der Waals surface area contributed by atoms with Crippen LogP contribution in [-0.4, -0.2) is 17.1 Å². The molecule has 0 radical (unpaired) electrons. The summed E-state index contributed by atoms with van der Waals surface area (Å²) in [6, 6.07) is 0.0572. The van der Waals surface area contributed by atoms with Crippen LogP contribution in [0, 0.1) is 5.92 Å². The van der Waals surface area contributed by atoms with Crippen molar-refractivity contribution in [3.8, 4) is 0 Å². The standard InChI is InChI=1S/C21H43NO2/c1-3-5-7-9-10-11-13-14-16-19(21(23)24)18-20(22)17-15-12-8-6-4-2/h19-20H,3-18,22H2,1-2H3,(H,23,24). The average Bonchev–Trinajstić information content (AvgIpc) is 2.55. The Labute approximate surface area is 150 Å². The molecule has 0 rings (SSSR count). The van der Waals surface area contributed by atoms with Crippen LogP contribution in [0.3, 0.4) is 0 Å². The summed E-state index contributed by atoms with van der Waals surface area (Å²) in [5, 5.41) is 9.41. The lowest BCUT2D eigenvalue weighted by atomic mass is 9.91. The SMILES string of the molecule is CCCCCCCCCCC(CC(N)CCCCCCC)C(=O)O. The van der Waals surface area contributed by atoms with E-state index in [2.05, 4.69) is 13.8 Å². The Morgan fingerprint density at radius 3 is 1.62 bits per heavy atom. The Bertz CT molecular complexity index is 281. The van der Waals surface area contributed by atoms with Crippen LogP contribution in [0.15, 0.2) is 0 Å². The minimum Gasteiger partial charge on any atom is -0.481 e. The van der Waals surface area contributed by atoms with Crippen LogP contribution in [0.25, 0.3) is 0 Å². The van der Waals surface area contributed by atoms with Gasteiger partial charge in [-0.2, -0.15) is 0 Å². The molecule has 144 valence electrons. The summed E-state index contributed by atoms with van der Waals surface area (Å²) >= 11 is 0.